The lowest BCUT2D eigenvalue weighted by Crippen LogP contribution is -1.96. The first kappa shape index (κ1) is 15.3. The highest BCUT2D eigenvalue weighted by atomic mass is 16.5. The Balaban J connectivity index is 2.04. The molecule has 0 aliphatic heterocycles. The van der Waals surface area contributed by atoms with Crippen molar-refractivity contribution in [3.05, 3.63) is 42.0 Å². The maximum atomic E-state index is 8.68. The first-order chi connectivity index (χ1) is 9.36. The van der Waals surface area contributed by atoms with E-state index in [0.717, 1.165) is 25.2 Å². The van der Waals surface area contributed by atoms with Gasteiger partial charge in [0.15, 0.2) is 0 Å². The summed E-state index contributed by atoms with van der Waals surface area (Å²) in [5.74, 6) is 0.845. The minimum absolute atomic E-state index is 0.671. The largest absolute Gasteiger partial charge is 0.494 e. The average molecular weight is 257 g/mol. The number of unbranched alkanes of at least 4 members (excludes halogenated alkanes) is 4. The number of nitrogens with zero attached hydrogens (tertiary/aromatic N) is 1. The van der Waals surface area contributed by atoms with E-state index >= 15 is 0 Å². The SMILES string of the molecule is CCCC/C=C/CCCCOc1ccc(C#N)cc1. The van der Waals surface area contributed by atoms with Crippen LogP contribution in [0.4, 0.5) is 0 Å². The molecule has 0 radical (unpaired) electrons. The summed E-state index contributed by atoms with van der Waals surface area (Å²) in [6, 6.07) is 9.36. The molecule has 0 amide bonds. The molecule has 0 atom stereocenters. The number of ether oxygens (including phenoxy) is 1. The normalized spacial score (nSPS) is 10.5. The molecule has 0 aliphatic rings. The topological polar surface area (TPSA) is 33.0 Å². The molecule has 0 bridgehead atoms. The van der Waals surface area contributed by atoms with Crippen LogP contribution in [-0.2, 0) is 0 Å². The van der Waals surface area contributed by atoms with Crippen molar-refractivity contribution in [2.45, 2.75) is 45.4 Å². The Bertz CT molecular complexity index is 400. The van der Waals surface area contributed by atoms with Gasteiger partial charge < -0.3 is 4.74 Å². The van der Waals surface area contributed by atoms with Crippen LogP contribution in [0.5, 0.6) is 5.75 Å². The van der Waals surface area contributed by atoms with Crippen molar-refractivity contribution < 1.29 is 4.74 Å². The number of benzene rings is 1. The second-order valence-electron chi connectivity index (χ2n) is 4.59. The van der Waals surface area contributed by atoms with Gasteiger partial charge in [0.1, 0.15) is 5.75 Å². The van der Waals surface area contributed by atoms with Gasteiger partial charge in [-0.3, -0.25) is 0 Å². The fourth-order valence-electron chi connectivity index (χ4n) is 1.74. The Kier molecular flexibility index (Phi) is 8.22. The van der Waals surface area contributed by atoms with Gasteiger partial charge >= 0.3 is 0 Å². The summed E-state index contributed by atoms with van der Waals surface area (Å²) >= 11 is 0. The monoisotopic (exact) mass is 257 g/mol. The Morgan fingerprint density at radius 3 is 2.37 bits per heavy atom. The molecule has 19 heavy (non-hydrogen) atoms. The fraction of sp³-hybridized carbons (Fsp3) is 0.471. The van der Waals surface area contributed by atoms with E-state index in [1.165, 1.54) is 25.7 Å². The zero-order chi connectivity index (χ0) is 13.8. The number of nitriles is 1. The predicted molar refractivity (Wildman–Crippen MR) is 79.2 cm³/mol. The number of hydrogen-bond donors (Lipinski definition) is 0. The lowest BCUT2D eigenvalue weighted by molar-refractivity contribution is 0.307. The highest BCUT2D eigenvalue weighted by molar-refractivity contribution is 5.34. The molecular weight excluding hydrogens is 234 g/mol. The van der Waals surface area contributed by atoms with Crippen LogP contribution in [-0.4, -0.2) is 6.61 Å². The third-order valence-electron chi connectivity index (χ3n) is 2.91. The maximum absolute atomic E-state index is 8.68. The molecule has 0 spiro atoms. The second-order valence-corrected chi connectivity index (χ2v) is 4.59. The number of hydrogen-bond acceptors (Lipinski definition) is 2. The van der Waals surface area contributed by atoms with E-state index in [9.17, 15) is 0 Å². The third-order valence-corrected chi connectivity index (χ3v) is 2.91. The van der Waals surface area contributed by atoms with Crippen LogP contribution in [0.2, 0.25) is 0 Å². The van der Waals surface area contributed by atoms with E-state index in [0.29, 0.717) is 5.56 Å². The van der Waals surface area contributed by atoms with Crippen LogP contribution in [0, 0.1) is 11.3 Å². The second kappa shape index (κ2) is 10.2. The first-order valence-corrected chi connectivity index (χ1v) is 7.14. The van der Waals surface area contributed by atoms with Gasteiger partial charge in [-0.25, -0.2) is 0 Å². The maximum Gasteiger partial charge on any atom is 0.119 e. The van der Waals surface area contributed by atoms with E-state index < -0.39 is 0 Å². The van der Waals surface area contributed by atoms with Gasteiger partial charge in [-0.1, -0.05) is 31.9 Å². The van der Waals surface area contributed by atoms with Gasteiger partial charge in [0.2, 0.25) is 0 Å². The smallest absolute Gasteiger partial charge is 0.119 e. The van der Waals surface area contributed by atoms with Gasteiger partial charge in [-0.15, -0.1) is 0 Å². The Morgan fingerprint density at radius 1 is 1.05 bits per heavy atom. The summed E-state index contributed by atoms with van der Waals surface area (Å²) in [4.78, 5) is 0. The molecule has 0 N–H and O–H groups in total. The van der Waals surface area contributed by atoms with Crippen molar-refractivity contribution in [3.8, 4) is 11.8 Å². The average Bonchev–Trinajstić information content (AvgIpc) is 2.46. The van der Waals surface area contributed by atoms with Gasteiger partial charge in [0.25, 0.3) is 0 Å². The molecule has 0 unspecified atom stereocenters. The highest BCUT2D eigenvalue weighted by Gasteiger charge is 1.94. The third kappa shape index (κ3) is 7.31. The molecule has 0 saturated heterocycles. The molecule has 0 aliphatic carbocycles. The molecule has 2 heteroatoms. The van der Waals surface area contributed by atoms with E-state index in [-0.39, 0.29) is 0 Å². The zero-order valence-corrected chi connectivity index (χ0v) is 11.8. The quantitative estimate of drug-likeness (QED) is 0.468. The molecule has 1 rings (SSSR count). The van der Waals surface area contributed by atoms with Crippen molar-refractivity contribution in [2.75, 3.05) is 6.61 Å². The van der Waals surface area contributed by atoms with Gasteiger partial charge in [0.05, 0.1) is 18.2 Å². The van der Waals surface area contributed by atoms with Crippen molar-refractivity contribution >= 4 is 0 Å². The molecule has 102 valence electrons. The Labute approximate surface area is 116 Å². The molecule has 0 heterocycles. The lowest BCUT2D eigenvalue weighted by Gasteiger charge is -2.05. The predicted octanol–water partition coefficient (Wildman–Crippen LogP) is 4.85. The van der Waals surface area contributed by atoms with Crippen LogP contribution in [0.3, 0.4) is 0 Å². The first-order valence-electron chi connectivity index (χ1n) is 7.14. The molecular formula is C17H23NO. The van der Waals surface area contributed by atoms with Crippen LogP contribution >= 0.6 is 0 Å². The van der Waals surface area contributed by atoms with Crippen molar-refractivity contribution in [3.63, 3.8) is 0 Å². The Morgan fingerprint density at radius 2 is 1.74 bits per heavy atom. The fourth-order valence-corrected chi connectivity index (χ4v) is 1.74. The highest BCUT2D eigenvalue weighted by Crippen LogP contribution is 2.12. The van der Waals surface area contributed by atoms with E-state index in [4.69, 9.17) is 10.00 Å². The molecule has 0 fully saturated rings. The van der Waals surface area contributed by atoms with Gasteiger partial charge in [0, 0.05) is 0 Å². The Hall–Kier alpha value is -1.75. The molecule has 0 saturated carbocycles. The molecule has 0 aromatic heterocycles. The number of allylic oxidation sites excluding steroid dienone is 2. The summed E-state index contributed by atoms with van der Waals surface area (Å²) in [6.07, 6.45) is 11.7. The van der Waals surface area contributed by atoms with E-state index in [1.807, 2.05) is 12.1 Å². The standard InChI is InChI=1S/C17H23NO/c1-2-3-4-5-6-7-8-9-14-19-17-12-10-16(15-18)11-13-17/h5-6,10-13H,2-4,7-9,14H2,1H3/b6-5+. The van der Waals surface area contributed by atoms with Crippen LogP contribution in [0.1, 0.15) is 51.0 Å². The summed E-state index contributed by atoms with van der Waals surface area (Å²) in [5.41, 5.74) is 0.671. The van der Waals surface area contributed by atoms with Crippen molar-refractivity contribution in [1.29, 1.82) is 5.26 Å². The van der Waals surface area contributed by atoms with Gasteiger partial charge in [-0.2, -0.15) is 5.26 Å². The van der Waals surface area contributed by atoms with Crippen LogP contribution in [0.25, 0.3) is 0 Å². The lowest BCUT2D eigenvalue weighted by atomic mass is 10.2. The molecule has 1 aromatic carbocycles. The van der Waals surface area contributed by atoms with E-state index in [1.54, 1.807) is 12.1 Å². The van der Waals surface area contributed by atoms with Gasteiger partial charge in [-0.05, 0) is 49.9 Å². The van der Waals surface area contributed by atoms with Crippen molar-refractivity contribution in [1.82, 2.24) is 0 Å². The van der Waals surface area contributed by atoms with Crippen molar-refractivity contribution in [2.24, 2.45) is 0 Å². The summed E-state index contributed by atoms with van der Waals surface area (Å²) in [7, 11) is 0. The molecule has 2 nitrogen and oxygen atoms in total. The summed E-state index contributed by atoms with van der Waals surface area (Å²) < 4.78 is 5.62. The van der Waals surface area contributed by atoms with E-state index in [2.05, 4.69) is 25.1 Å². The minimum Gasteiger partial charge on any atom is -0.494 e. The number of rotatable bonds is 9. The summed E-state index contributed by atoms with van der Waals surface area (Å²) in [5, 5.41) is 8.68. The summed E-state index contributed by atoms with van der Waals surface area (Å²) in [6.45, 7) is 2.96. The van der Waals surface area contributed by atoms with Crippen LogP contribution < -0.4 is 4.74 Å². The van der Waals surface area contributed by atoms with Crippen LogP contribution in [0.15, 0.2) is 36.4 Å². The minimum atomic E-state index is 0.671. The molecule has 1 aromatic rings. The zero-order valence-electron chi connectivity index (χ0n) is 11.8.